The molecular formula is C20H19NO4S. The fraction of sp³-hybridized carbons (Fsp3) is 0.250. The molecule has 3 rings (SSSR count). The number of oxazole rings is 1. The zero-order valence-corrected chi connectivity index (χ0v) is 15.7. The topological polar surface area (TPSA) is 69.4 Å². The molecule has 0 amide bonds. The predicted molar refractivity (Wildman–Crippen MR) is 101 cm³/mol. The van der Waals surface area contributed by atoms with Crippen molar-refractivity contribution in [2.75, 3.05) is 12.4 Å². The Hall–Kier alpha value is -2.60. The van der Waals surface area contributed by atoms with Crippen LogP contribution in [-0.2, 0) is 9.53 Å². The highest BCUT2D eigenvalue weighted by atomic mass is 32.2. The molecule has 0 unspecified atom stereocenters. The third kappa shape index (κ3) is 4.14. The zero-order valence-electron chi connectivity index (χ0n) is 14.9. The van der Waals surface area contributed by atoms with Crippen molar-refractivity contribution in [2.45, 2.75) is 26.0 Å². The SMILES string of the molecule is Cc1cc(C)c(C(=O)COC(=O)CSc2nc3ccccc3o2)cc1C. The molecule has 6 heteroatoms. The summed E-state index contributed by atoms with van der Waals surface area (Å²) in [5.74, 6) is -0.649. The van der Waals surface area contributed by atoms with Crippen molar-refractivity contribution in [3.63, 3.8) is 0 Å². The molecule has 0 aliphatic rings. The molecule has 134 valence electrons. The third-order valence-corrected chi connectivity index (χ3v) is 4.89. The van der Waals surface area contributed by atoms with Crippen molar-refractivity contribution in [1.29, 1.82) is 0 Å². The molecule has 0 atom stereocenters. The summed E-state index contributed by atoms with van der Waals surface area (Å²) < 4.78 is 10.6. The van der Waals surface area contributed by atoms with Gasteiger partial charge < -0.3 is 9.15 Å². The summed E-state index contributed by atoms with van der Waals surface area (Å²) in [7, 11) is 0. The fourth-order valence-electron chi connectivity index (χ4n) is 2.56. The highest BCUT2D eigenvalue weighted by Crippen LogP contribution is 2.23. The number of thioether (sulfide) groups is 1. The lowest BCUT2D eigenvalue weighted by Crippen LogP contribution is -2.16. The Labute approximate surface area is 155 Å². The molecule has 0 fully saturated rings. The van der Waals surface area contributed by atoms with Crippen molar-refractivity contribution in [1.82, 2.24) is 4.98 Å². The van der Waals surface area contributed by atoms with Gasteiger partial charge in [-0.25, -0.2) is 4.98 Å². The van der Waals surface area contributed by atoms with E-state index < -0.39 is 5.97 Å². The minimum atomic E-state index is -0.480. The van der Waals surface area contributed by atoms with Crippen LogP contribution >= 0.6 is 11.8 Å². The van der Waals surface area contributed by atoms with E-state index in [0.717, 1.165) is 34.0 Å². The second-order valence-corrected chi connectivity index (χ2v) is 7.00. The monoisotopic (exact) mass is 369 g/mol. The van der Waals surface area contributed by atoms with Gasteiger partial charge in [0.05, 0.1) is 0 Å². The first-order valence-corrected chi connectivity index (χ1v) is 9.17. The lowest BCUT2D eigenvalue weighted by molar-refractivity contribution is -0.139. The molecule has 0 radical (unpaired) electrons. The van der Waals surface area contributed by atoms with Gasteiger partial charge in [-0.1, -0.05) is 30.0 Å². The van der Waals surface area contributed by atoms with Gasteiger partial charge in [-0.05, 0) is 55.7 Å². The number of esters is 1. The van der Waals surface area contributed by atoms with Crippen LogP contribution in [0.25, 0.3) is 11.1 Å². The van der Waals surface area contributed by atoms with Gasteiger partial charge in [-0.15, -0.1) is 0 Å². The lowest BCUT2D eigenvalue weighted by atomic mass is 9.98. The Kier molecular flexibility index (Phi) is 5.42. The van der Waals surface area contributed by atoms with Crippen LogP contribution in [0.15, 0.2) is 46.0 Å². The molecule has 5 nitrogen and oxygen atoms in total. The van der Waals surface area contributed by atoms with Gasteiger partial charge in [0.2, 0.25) is 5.78 Å². The van der Waals surface area contributed by atoms with E-state index in [-0.39, 0.29) is 18.1 Å². The van der Waals surface area contributed by atoms with E-state index in [4.69, 9.17) is 9.15 Å². The number of carbonyl (C=O) groups is 2. The summed E-state index contributed by atoms with van der Waals surface area (Å²) in [6.07, 6.45) is 0. The number of aryl methyl sites for hydroxylation is 3. The quantitative estimate of drug-likeness (QED) is 0.367. The van der Waals surface area contributed by atoms with Crippen LogP contribution in [0, 0.1) is 20.8 Å². The van der Waals surface area contributed by atoms with Gasteiger partial charge in [0.15, 0.2) is 12.2 Å². The second kappa shape index (κ2) is 7.74. The molecule has 0 aliphatic heterocycles. The summed E-state index contributed by atoms with van der Waals surface area (Å²) in [5, 5.41) is 0.402. The van der Waals surface area contributed by atoms with Crippen LogP contribution in [0.4, 0.5) is 0 Å². The second-order valence-electron chi connectivity index (χ2n) is 6.07. The van der Waals surface area contributed by atoms with Crippen LogP contribution in [0.5, 0.6) is 0 Å². The number of Topliss-reactive ketones (excluding diaryl/α,β-unsaturated/α-hetero) is 1. The first-order chi connectivity index (χ1) is 12.4. The van der Waals surface area contributed by atoms with Gasteiger partial charge in [0.1, 0.15) is 11.3 Å². The van der Waals surface area contributed by atoms with Gasteiger partial charge in [-0.2, -0.15) is 0 Å². The standard InChI is InChI=1S/C20H19NO4S/c1-12-8-14(3)15(9-13(12)2)17(22)10-24-19(23)11-26-20-21-16-6-4-5-7-18(16)25-20/h4-9H,10-11H2,1-3H3. The molecule has 3 aromatic rings. The number of hydrogen-bond acceptors (Lipinski definition) is 6. The van der Waals surface area contributed by atoms with Crippen LogP contribution in [0.2, 0.25) is 0 Å². The van der Waals surface area contributed by atoms with E-state index in [1.807, 2.05) is 57.2 Å². The Morgan fingerprint density at radius 1 is 1.08 bits per heavy atom. The average Bonchev–Trinajstić information content (AvgIpc) is 3.04. The first-order valence-electron chi connectivity index (χ1n) is 8.19. The van der Waals surface area contributed by atoms with E-state index >= 15 is 0 Å². The number of ketones is 1. The Balaban J connectivity index is 1.53. The summed E-state index contributed by atoms with van der Waals surface area (Å²) in [5.41, 5.74) is 5.05. The summed E-state index contributed by atoms with van der Waals surface area (Å²) in [4.78, 5) is 28.5. The number of ether oxygens (including phenoxy) is 1. The van der Waals surface area contributed by atoms with Crippen LogP contribution in [-0.4, -0.2) is 29.1 Å². The third-order valence-electron chi connectivity index (χ3n) is 4.09. The molecule has 0 bridgehead atoms. The number of hydrogen-bond donors (Lipinski definition) is 0. The maximum Gasteiger partial charge on any atom is 0.316 e. The van der Waals surface area contributed by atoms with Gasteiger partial charge in [0.25, 0.3) is 5.22 Å². The predicted octanol–water partition coefficient (Wildman–Crippen LogP) is 4.27. The molecule has 0 N–H and O–H groups in total. The number of fused-ring (bicyclic) bond motifs is 1. The van der Waals surface area contributed by atoms with Crippen molar-refractivity contribution < 1.29 is 18.7 Å². The smallest absolute Gasteiger partial charge is 0.316 e. The van der Waals surface area contributed by atoms with E-state index in [1.54, 1.807) is 0 Å². The largest absolute Gasteiger partial charge is 0.457 e. The zero-order chi connectivity index (χ0) is 18.7. The van der Waals surface area contributed by atoms with Crippen molar-refractivity contribution in [2.24, 2.45) is 0 Å². The summed E-state index contributed by atoms with van der Waals surface area (Å²) in [6, 6.07) is 11.2. The van der Waals surface area contributed by atoms with Crippen molar-refractivity contribution in [3.8, 4) is 0 Å². The highest BCUT2D eigenvalue weighted by Gasteiger charge is 2.15. The molecule has 1 heterocycles. The molecule has 1 aromatic heterocycles. The summed E-state index contributed by atoms with van der Waals surface area (Å²) in [6.45, 7) is 5.56. The Morgan fingerprint density at radius 2 is 1.81 bits per heavy atom. The number of carbonyl (C=O) groups excluding carboxylic acids is 2. The number of nitrogens with zero attached hydrogens (tertiary/aromatic N) is 1. The fourth-order valence-corrected chi connectivity index (χ4v) is 3.20. The lowest BCUT2D eigenvalue weighted by Gasteiger charge is -2.09. The van der Waals surface area contributed by atoms with Gasteiger partial charge >= 0.3 is 5.97 Å². The maximum atomic E-state index is 12.3. The van der Waals surface area contributed by atoms with Crippen molar-refractivity contribution >= 4 is 34.6 Å². The number of aromatic nitrogens is 1. The Morgan fingerprint density at radius 3 is 2.58 bits per heavy atom. The molecule has 2 aromatic carbocycles. The molecule has 0 spiro atoms. The minimum Gasteiger partial charge on any atom is -0.457 e. The van der Waals surface area contributed by atoms with E-state index in [1.165, 1.54) is 0 Å². The molecule has 0 saturated carbocycles. The molecule has 0 saturated heterocycles. The van der Waals surface area contributed by atoms with Crippen LogP contribution < -0.4 is 0 Å². The first kappa shape index (κ1) is 18.2. The number of benzene rings is 2. The van der Waals surface area contributed by atoms with Gasteiger partial charge in [0, 0.05) is 5.56 Å². The maximum absolute atomic E-state index is 12.3. The number of para-hydroxylation sites is 2. The van der Waals surface area contributed by atoms with E-state index in [9.17, 15) is 9.59 Å². The van der Waals surface area contributed by atoms with E-state index in [0.29, 0.717) is 16.4 Å². The summed E-state index contributed by atoms with van der Waals surface area (Å²) >= 11 is 1.15. The van der Waals surface area contributed by atoms with Crippen molar-refractivity contribution in [3.05, 3.63) is 58.7 Å². The van der Waals surface area contributed by atoms with E-state index in [2.05, 4.69) is 4.98 Å². The van der Waals surface area contributed by atoms with Crippen LogP contribution in [0.1, 0.15) is 27.0 Å². The Bertz CT molecular complexity index is 944. The van der Waals surface area contributed by atoms with Gasteiger partial charge in [-0.3, -0.25) is 9.59 Å². The molecule has 0 aliphatic carbocycles. The normalized spacial score (nSPS) is 10.9. The number of rotatable bonds is 6. The average molecular weight is 369 g/mol. The highest BCUT2D eigenvalue weighted by molar-refractivity contribution is 7.99. The molecule has 26 heavy (non-hydrogen) atoms. The van der Waals surface area contributed by atoms with Crippen LogP contribution in [0.3, 0.4) is 0 Å². The minimum absolute atomic E-state index is 0.0337. The molecular weight excluding hydrogens is 350 g/mol.